The number of pyridine rings is 1. The van der Waals surface area contributed by atoms with Crippen molar-refractivity contribution >= 4 is 11.8 Å². The number of hydrazine groups is 1. The molecule has 2 aromatic rings. The summed E-state index contributed by atoms with van der Waals surface area (Å²) in [7, 11) is 2.97. The first kappa shape index (κ1) is 18.1. The maximum atomic E-state index is 12.2. The Labute approximate surface area is 145 Å². The molecule has 0 spiro atoms. The molecule has 2 rings (SSSR count). The molecule has 0 unspecified atom stereocenters. The Morgan fingerprint density at radius 2 is 1.76 bits per heavy atom. The van der Waals surface area contributed by atoms with Crippen molar-refractivity contribution in [3.05, 3.63) is 47.7 Å². The number of nitrogens with zero attached hydrogens (tertiary/aromatic N) is 1. The molecule has 0 radical (unpaired) electrons. The fraction of sp³-hybridized carbons (Fsp3) is 0.235. The van der Waals surface area contributed by atoms with Crippen molar-refractivity contribution in [2.45, 2.75) is 6.92 Å². The van der Waals surface area contributed by atoms with Crippen LogP contribution in [0.15, 0.2) is 36.5 Å². The number of nitrogens with one attached hydrogen (secondary N) is 2. The van der Waals surface area contributed by atoms with Crippen molar-refractivity contribution in [1.82, 2.24) is 15.8 Å². The fourth-order valence-electron chi connectivity index (χ4n) is 2.05. The van der Waals surface area contributed by atoms with E-state index in [1.54, 1.807) is 31.2 Å². The fourth-order valence-corrected chi connectivity index (χ4v) is 2.05. The minimum absolute atomic E-state index is 0.197. The Morgan fingerprint density at radius 1 is 1.04 bits per heavy atom. The van der Waals surface area contributed by atoms with Crippen molar-refractivity contribution in [3.63, 3.8) is 0 Å². The first-order chi connectivity index (χ1) is 12.1. The Morgan fingerprint density at radius 3 is 2.44 bits per heavy atom. The van der Waals surface area contributed by atoms with E-state index in [9.17, 15) is 9.59 Å². The minimum Gasteiger partial charge on any atom is -0.493 e. The summed E-state index contributed by atoms with van der Waals surface area (Å²) in [6, 6.07) is 7.82. The van der Waals surface area contributed by atoms with Crippen LogP contribution >= 0.6 is 0 Å². The van der Waals surface area contributed by atoms with Crippen molar-refractivity contribution in [2.75, 3.05) is 20.8 Å². The van der Waals surface area contributed by atoms with Gasteiger partial charge in [-0.05, 0) is 37.3 Å². The molecule has 132 valence electrons. The summed E-state index contributed by atoms with van der Waals surface area (Å²) in [5, 5.41) is 0. The molecular weight excluding hydrogens is 326 g/mol. The smallest absolute Gasteiger partial charge is 0.275 e. The lowest BCUT2D eigenvalue weighted by Crippen LogP contribution is -2.41. The third kappa shape index (κ3) is 4.37. The summed E-state index contributed by atoms with van der Waals surface area (Å²) in [6.45, 7) is 2.16. The summed E-state index contributed by atoms with van der Waals surface area (Å²) >= 11 is 0. The van der Waals surface area contributed by atoms with Gasteiger partial charge in [0, 0.05) is 11.8 Å². The lowest BCUT2D eigenvalue weighted by molar-refractivity contribution is 0.0843. The van der Waals surface area contributed by atoms with Gasteiger partial charge in [0.2, 0.25) is 5.88 Å². The van der Waals surface area contributed by atoms with E-state index < -0.39 is 11.8 Å². The first-order valence-electron chi connectivity index (χ1n) is 7.51. The van der Waals surface area contributed by atoms with Crippen LogP contribution in [0.4, 0.5) is 0 Å². The molecular formula is C17H19N3O5. The summed E-state index contributed by atoms with van der Waals surface area (Å²) in [5.41, 5.74) is 5.19. The highest BCUT2D eigenvalue weighted by Gasteiger charge is 2.15. The highest BCUT2D eigenvalue weighted by molar-refractivity contribution is 6.00. The third-order valence-electron chi connectivity index (χ3n) is 3.23. The number of carbonyl (C=O) groups excluding carboxylic acids is 2. The van der Waals surface area contributed by atoms with Crippen LogP contribution in [0.1, 0.15) is 27.6 Å². The number of amides is 2. The van der Waals surface area contributed by atoms with Gasteiger partial charge in [0.1, 0.15) is 5.56 Å². The maximum Gasteiger partial charge on any atom is 0.275 e. The zero-order valence-corrected chi connectivity index (χ0v) is 14.2. The molecule has 0 saturated carbocycles. The second-order valence-corrected chi connectivity index (χ2v) is 4.77. The number of rotatable bonds is 6. The van der Waals surface area contributed by atoms with Crippen LogP contribution in [-0.4, -0.2) is 37.6 Å². The second kappa shape index (κ2) is 8.53. The molecule has 8 heteroatoms. The molecule has 0 aliphatic carbocycles. The van der Waals surface area contributed by atoms with E-state index in [1.807, 2.05) is 0 Å². The Kier molecular flexibility index (Phi) is 6.16. The van der Waals surface area contributed by atoms with Crippen LogP contribution in [0.25, 0.3) is 0 Å². The van der Waals surface area contributed by atoms with Crippen molar-refractivity contribution in [3.8, 4) is 17.4 Å². The van der Waals surface area contributed by atoms with E-state index >= 15 is 0 Å². The lowest BCUT2D eigenvalue weighted by Gasteiger charge is -2.12. The Bertz CT molecular complexity index is 764. The molecule has 0 atom stereocenters. The van der Waals surface area contributed by atoms with Crippen LogP contribution in [0.2, 0.25) is 0 Å². The molecule has 2 N–H and O–H groups in total. The number of benzene rings is 1. The van der Waals surface area contributed by atoms with Gasteiger partial charge in [-0.1, -0.05) is 0 Å². The number of hydrogen-bond donors (Lipinski definition) is 2. The topological polar surface area (TPSA) is 98.8 Å². The largest absolute Gasteiger partial charge is 0.493 e. The van der Waals surface area contributed by atoms with Gasteiger partial charge in [0.25, 0.3) is 11.8 Å². The summed E-state index contributed by atoms with van der Waals surface area (Å²) in [4.78, 5) is 28.4. The third-order valence-corrected chi connectivity index (χ3v) is 3.23. The highest BCUT2D eigenvalue weighted by Crippen LogP contribution is 2.27. The zero-order valence-electron chi connectivity index (χ0n) is 14.2. The van der Waals surface area contributed by atoms with Gasteiger partial charge in [-0.2, -0.15) is 0 Å². The van der Waals surface area contributed by atoms with E-state index in [1.165, 1.54) is 26.5 Å². The normalized spacial score (nSPS) is 9.88. The monoisotopic (exact) mass is 345 g/mol. The second-order valence-electron chi connectivity index (χ2n) is 4.77. The lowest BCUT2D eigenvalue weighted by atomic mass is 10.2. The first-order valence-corrected chi connectivity index (χ1v) is 7.51. The molecule has 25 heavy (non-hydrogen) atoms. The number of ether oxygens (including phenoxy) is 3. The quantitative estimate of drug-likeness (QED) is 0.771. The summed E-state index contributed by atoms with van der Waals surface area (Å²) in [6.07, 6.45) is 1.52. The van der Waals surface area contributed by atoms with Gasteiger partial charge in [0.15, 0.2) is 11.5 Å². The van der Waals surface area contributed by atoms with Gasteiger partial charge in [-0.3, -0.25) is 20.4 Å². The van der Waals surface area contributed by atoms with Crippen LogP contribution < -0.4 is 25.1 Å². The van der Waals surface area contributed by atoms with Crippen LogP contribution in [0.3, 0.4) is 0 Å². The van der Waals surface area contributed by atoms with E-state index in [0.29, 0.717) is 23.7 Å². The molecule has 0 bridgehead atoms. The van der Waals surface area contributed by atoms with Crippen LogP contribution in [0.5, 0.6) is 17.4 Å². The van der Waals surface area contributed by atoms with Gasteiger partial charge in [-0.15, -0.1) is 0 Å². The van der Waals surface area contributed by atoms with Crippen molar-refractivity contribution < 1.29 is 23.8 Å². The van der Waals surface area contributed by atoms with Crippen molar-refractivity contribution in [1.29, 1.82) is 0 Å². The number of aromatic nitrogens is 1. The standard InChI is InChI=1S/C17H19N3O5/c1-4-25-17-12(6-5-9-18-17)16(22)20-19-15(21)11-7-8-13(23-2)14(10-11)24-3/h5-10H,4H2,1-3H3,(H,19,21)(H,20,22). The van der Waals surface area contributed by atoms with Gasteiger partial charge < -0.3 is 14.2 Å². The zero-order chi connectivity index (χ0) is 18.2. The molecule has 1 aromatic carbocycles. The molecule has 1 heterocycles. The predicted octanol–water partition coefficient (Wildman–Crippen LogP) is 1.57. The Balaban J connectivity index is 2.06. The molecule has 1 aromatic heterocycles. The average molecular weight is 345 g/mol. The van der Waals surface area contributed by atoms with E-state index in [-0.39, 0.29) is 11.4 Å². The van der Waals surface area contributed by atoms with Crippen molar-refractivity contribution in [2.24, 2.45) is 0 Å². The van der Waals surface area contributed by atoms with Gasteiger partial charge in [0.05, 0.1) is 20.8 Å². The van der Waals surface area contributed by atoms with E-state index in [4.69, 9.17) is 14.2 Å². The summed E-state index contributed by atoms with van der Waals surface area (Å²) < 4.78 is 15.6. The molecule has 0 aliphatic rings. The maximum absolute atomic E-state index is 12.2. The molecule has 8 nitrogen and oxygen atoms in total. The van der Waals surface area contributed by atoms with E-state index in [0.717, 1.165) is 0 Å². The van der Waals surface area contributed by atoms with Gasteiger partial charge in [-0.25, -0.2) is 4.98 Å². The number of hydrogen-bond acceptors (Lipinski definition) is 6. The number of carbonyl (C=O) groups is 2. The molecule has 0 aliphatic heterocycles. The Hall–Kier alpha value is -3.29. The SMILES string of the molecule is CCOc1ncccc1C(=O)NNC(=O)c1ccc(OC)c(OC)c1. The average Bonchev–Trinajstić information content (AvgIpc) is 2.65. The van der Waals surface area contributed by atoms with Crippen LogP contribution in [0, 0.1) is 0 Å². The number of methoxy groups -OCH3 is 2. The molecule has 2 amide bonds. The minimum atomic E-state index is -0.537. The highest BCUT2D eigenvalue weighted by atomic mass is 16.5. The van der Waals surface area contributed by atoms with Crippen LogP contribution in [-0.2, 0) is 0 Å². The molecule has 0 saturated heterocycles. The van der Waals surface area contributed by atoms with E-state index in [2.05, 4.69) is 15.8 Å². The predicted molar refractivity (Wildman–Crippen MR) is 89.9 cm³/mol. The summed E-state index contributed by atoms with van der Waals surface area (Å²) in [5.74, 6) is 0.0663. The van der Waals surface area contributed by atoms with Gasteiger partial charge >= 0.3 is 0 Å². The molecule has 0 fully saturated rings.